The normalized spacial score (nSPS) is 15.0. The van der Waals surface area contributed by atoms with Crippen LogP contribution in [-0.4, -0.2) is 45.1 Å². The zero-order valence-corrected chi connectivity index (χ0v) is 20.1. The third-order valence-corrected chi connectivity index (χ3v) is 6.40. The van der Waals surface area contributed by atoms with Crippen LogP contribution in [0.4, 0.5) is 17.2 Å². The van der Waals surface area contributed by atoms with Crippen molar-refractivity contribution in [3.63, 3.8) is 0 Å². The molecule has 35 heavy (non-hydrogen) atoms. The van der Waals surface area contributed by atoms with Gasteiger partial charge in [0.25, 0.3) is 5.91 Å². The number of carbonyl (C=O) groups is 2. The van der Waals surface area contributed by atoms with Crippen molar-refractivity contribution in [2.75, 3.05) is 23.8 Å². The van der Waals surface area contributed by atoms with Crippen molar-refractivity contribution in [1.82, 2.24) is 9.88 Å². The summed E-state index contributed by atoms with van der Waals surface area (Å²) in [7, 11) is 0. The van der Waals surface area contributed by atoms with E-state index in [9.17, 15) is 19.8 Å². The number of carboxylic acids is 1. The van der Waals surface area contributed by atoms with Crippen LogP contribution in [0.3, 0.4) is 0 Å². The lowest BCUT2D eigenvalue weighted by Crippen LogP contribution is -2.39. The molecule has 0 bridgehead atoms. The molecule has 4 N–H and O–H groups in total. The van der Waals surface area contributed by atoms with E-state index in [0.717, 1.165) is 23.2 Å². The highest BCUT2D eigenvalue weighted by molar-refractivity contribution is 6.00. The Kier molecular flexibility index (Phi) is 6.75. The van der Waals surface area contributed by atoms with Crippen molar-refractivity contribution in [3.05, 3.63) is 83.0 Å². The van der Waals surface area contributed by atoms with Crippen molar-refractivity contribution >= 4 is 29.1 Å². The van der Waals surface area contributed by atoms with E-state index < -0.39 is 17.6 Å². The molecule has 1 aliphatic heterocycles. The molecule has 1 atom stereocenters. The number of carbonyl (C=O) groups excluding carboxylic acids is 1. The van der Waals surface area contributed by atoms with Crippen molar-refractivity contribution in [3.8, 4) is 0 Å². The van der Waals surface area contributed by atoms with Gasteiger partial charge in [-0.2, -0.15) is 0 Å². The molecule has 0 saturated carbocycles. The predicted molar refractivity (Wildman–Crippen MR) is 135 cm³/mol. The number of anilines is 3. The number of nitrogens with zero attached hydrogens (tertiary/aromatic N) is 2. The number of hydrogen-bond donors (Lipinski definition) is 4. The van der Waals surface area contributed by atoms with Crippen molar-refractivity contribution in [2.45, 2.75) is 38.8 Å². The summed E-state index contributed by atoms with van der Waals surface area (Å²) >= 11 is 0. The standard InChI is InChI=1S/C27H30N4O4/c1-4-12-31-25(33)19-11-10-18(13-21(19)27(31,2)3)29-24-14-22(20(15-28-24)26(34)35)30-23(16-32)17-8-6-5-7-9-17/h5-11,13-15,23,32H,4,12,16H2,1-3H3,(H,34,35)(H2,28,29,30)/t23-/m1/s1. The van der Waals surface area contributed by atoms with E-state index >= 15 is 0 Å². The van der Waals surface area contributed by atoms with Crippen LogP contribution in [0.1, 0.15) is 65.1 Å². The van der Waals surface area contributed by atoms with Crippen LogP contribution in [0.15, 0.2) is 60.8 Å². The number of rotatable bonds is 9. The third kappa shape index (κ3) is 4.70. The van der Waals surface area contributed by atoms with Crippen LogP contribution in [0.2, 0.25) is 0 Å². The molecule has 2 heterocycles. The number of aliphatic hydroxyl groups excluding tert-OH is 1. The molecule has 0 unspecified atom stereocenters. The molecule has 0 saturated heterocycles. The fourth-order valence-electron chi connectivity index (χ4n) is 4.53. The molecular formula is C27H30N4O4. The Balaban J connectivity index is 1.63. The van der Waals surface area contributed by atoms with Crippen LogP contribution >= 0.6 is 0 Å². The number of amides is 1. The number of pyridine rings is 1. The molecule has 0 aliphatic carbocycles. The Hall–Kier alpha value is -3.91. The van der Waals surface area contributed by atoms with Gasteiger partial charge in [-0.25, -0.2) is 9.78 Å². The van der Waals surface area contributed by atoms with Gasteiger partial charge in [0, 0.05) is 30.1 Å². The van der Waals surface area contributed by atoms with E-state index in [1.165, 1.54) is 6.20 Å². The second kappa shape index (κ2) is 9.76. The maximum absolute atomic E-state index is 12.9. The summed E-state index contributed by atoms with van der Waals surface area (Å²) in [4.78, 5) is 30.9. The minimum atomic E-state index is -1.12. The molecule has 4 rings (SSSR count). The van der Waals surface area contributed by atoms with Gasteiger partial charge in [0.15, 0.2) is 0 Å². The van der Waals surface area contributed by atoms with Crippen molar-refractivity contribution in [2.24, 2.45) is 0 Å². The minimum absolute atomic E-state index is 0.000761. The van der Waals surface area contributed by atoms with Gasteiger partial charge in [-0.05, 0) is 49.6 Å². The average molecular weight is 475 g/mol. The van der Waals surface area contributed by atoms with Crippen LogP contribution < -0.4 is 10.6 Å². The lowest BCUT2D eigenvalue weighted by atomic mass is 9.93. The zero-order chi connectivity index (χ0) is 25.2. The predicted octanol–water partition coefficient (Wildman–Crippen LogP) is 4.77. The number of hydrogen-bond acceptors (Lipinski definition) is 6. The number of nitrogens with one attached hydrogen (secondary N) is 2. The first kappa shape index (κ1) is 24.2. The van der Waals surface area contributed by atoms with Gasteiger partial charge in [-0.3, -0.25) is 4.79 Å². The summed E-state index contributed by atoms with van der Waals surface area (Å²) in [6, 6.07) is 16.0. The topological polar surface area (TPSA) is 115 Å². The average Bonchev–Trinajstić information content (AvgIpc) is 3.03. The number of carboxylic acid groups (broad SMARTS) is 1. The fraction of sp³-hybridized carbons (Fsp3) is 0.296. The second-order valence-electron chi connectivity index (χ2n) is 9.11. The fourth-order valence-corrected chi connectivity index (χ4v) is 4.53. The Morgan fingerprint density at radius 2 is 1.89 bits per heavy atom. The maximum Gasteiger partial charge on any atom is 0.339 e. The number of benzene rings is 2. The van der Waals surface area contributed by atoms with E-state index in [1.807, 2.05) is 67.3 Å². The first-order chi connectivity index (χ1) is 16.8. The largest absolute Gasteiger partial charge is 0.478 e. The van der Waals surface area contributed by atoms with Gasteiger partial charge in [0.2, 0.25) is 0 Å². The SMILES string of the molecule is CCCN1C(=O)c2ccc(Nc3cc(N[C@H](CO)c4ccccc4)c(C(=O)O)cn3)cc2C1(C)C. The van der Waals surface area contributed by atoms with E-state index in [1.54, 1.807) is 6.07 Å². The minimum Gasteiger partial charge on any atom is -0.478 e. The zero-order valence-electron chi connectivity index (χ0n) is 20.1. The van der Waals surface area contributed by atoms with E-state index in [4.69, 9.17) is 0 Å². The van der Waals surface area contributed by atoms with Gasteiger partial charge in [-0.15, -0.1) is 0 Å². The second-order valence-corrected chi connectivity index (χ2v) is 9.11. The van der Waals surface area contributed by atoms with Crippen molar-refractivity contribution in [1.29, 1.82) is 0 Å². The molecule has 0 radical (unpaired) electrons. The first-order valence-electron chi connectivity index (χ1n) is 11.7. The smallest absolute Gasteiger partial charge is 0.339 e. The first-order valence-corrected chi connectivity index (χ1v) is 11.7. The van der Waals surface area contributed by atoms with Crippen molar-refractivity contribution < 1.29 is 19.8 Å². The monoisotopic (exact) mass is 474 g/mol. The highest BCUT2D eigenvalue weighted by Crippen LogP contribution is 2.40. The van der Waals surface area contributed by atoms with Gasteiger partial charge >= 0.3 is 5.97 Å². The number of aliphatic hydroxyl groups is 1. The summed E-state index contributed by atoms with van der Waals surface area (Å²) in [6.07, 6.45) is 2.16. The molecule has 2 aromatic carbocycles. The van der Waals surface area contributed by atoms with Crippen LogP contribution in [-0.2, 0) is 5.54 Å². The molecule has 1 aliphatic rings. The highest BCUT2D eigenvalue weighted by Gasteiger charge is 2.42. The maximum atomic E-state index is 12.9. The molecule has 3 aromatic rings. The summed E-state index contributed by atoms with van der Waals surface area (Å²) < 4.78 is 0. The van der Waals surface area contributed by atoms with Crippen LogP contribution in [0, 0.1) is 0 Å². The molecule has 8 heteroatoms. The van der Waals surface area contributed by atoms with E-state index in [2.05, 4.69) is 22.5 Å². The Labute approximate surface area is 204 Å². The lowest BCUT2D eigenvalue weighted by Gasteiger charge is -2.32. The summed E-state index contributed by atoms with van der Waals surface area (Å²) in [6.45, 7) is 6.60. The van der Waals surface area contributed by atoms with Crippen LogP contribution in [0.25, 0.3) is 0 Å². The van der Waals surface area contributed by atoms with Gasteiger partial charge in [0.05, 0.1) is 23.9 Å². The van der Waals surface area contributed by atoms with Crippen LogP contribution in [0.5, 0.6) is 0 Å². The number of aromatic nitrogens is 1. The summed E-state index contributed by atoms with van der Waals surface area (Å²) in [5, 5.41) is 26.0. The number of aromatic carboxylic acids is 1. The van der Waals surface area contributed by atoms with Gasteiger partial charge in [-0.1, -0.05) is 37.3 Å². The summed E-state index contributed by atoms with van der Waals surface area (Å²) in [5.74, 6) is -0.648. The lowest BCUT2D eigenvalue weighted by molar-refractivity contribution is 0.0618. The molecule has 1 amide bonds. The van der Waals surface area contributed by atoms with Gasteiger partial charge < -0.3 is 25.7 Å². The van der Waals surface area contributed by atoms with E-state index in [-0.39, 0.29) is 18.1 Å². The van der Waals surface area contributed by atoms with Gasteiger partial charge in [0.1, 0.15) is 11.4 Å². The third-order valence-electron chi connectivity index (χ3n) is 6.40. The molecular weight excluding hydrogens is 444 g/mol. The summed E-state index contributed by atoms with van der Waals surface area (Å²) in [5.41, 5.74) is 3.11. The van der Waals surface area contributed by atoms with E-state index in [0.29, 0.717) is 23.6 Å². The molecule has 0 spiro atoms. The Bertz CT molecular complexity index is 1240. The molecule has 0 fully saturated rings. The Morgan fingerprint density at radius 1 is 1.14 bits per heavy atom. The number of fused-ring (bicyclic) bond motifs is 1. The quantitative estimate of drug-likeness (QED) is 0.353. The Morgan fingerprint density at radius 3 is 2.54 bits per heavy atom. The molecule has 8 nitrogen and oxygen atoms in total. The molecule has 1 aromatic heterocycles. The highest BCUT2D eigenvalue weighted by atomic mass is 16.4. The molecule has 182 valence electrons.